The lowest BCUT2D eigenvalue weighted by Crippen LogP contribution is -2.48. The van der Waals surface area contributed by atoms with Crippen LogP contribution in [-0.4, -0.2) is 18.0 Å². The largest absolute Gasteiger partial charge is 0.353 e. The van der Waals surface area contributed by atoms with E-state index in [9.17, 15) is 4.79 Å². The van der Waals surface area contributed by atoms with Gasteiger partial charge in [-0.2, -0.15) is 0 Å². The zero-order valence-corrected chi connectivity index (χ0v) is 10.6. The van der Waals surface area contributed by atoms with Crippen molar-refractivity contribution in [1.82, 2.24) is 5.32 Å². The van der Waals surface area contributed by atoms with E-state index in [-0.39, 0.29) is 23.9 Å². The first kappa shape index (κ1) is 11.9. The van der Waals surface area contributed by atoms with Crippen molar-refractivity contribution >= 4 is 5.91 Å². The molecule has 0 saturated heterocycles. The Morgan fingerprint density at radius 1 is 1.25 bits per heavy atom. The maximum absolute atomic E-state index is 12.2. The smallest absolute Gasteiger partial charge is 0.225 e. The number of carbonyl (C=O) groups is 1. The van der Waals surface area contributed by atoms with Crippen LogP contribution < -0.4 is 11.1 Å². The quantitative estimate of drug-likeness (QED) is 0.763. The summed E-state index contributed by atoms with van der Waals surface area (Å²) in [5.41, 5.74) is 6.16. The molecule has 2 rings (SSSR count). The van der Waals surface area contributed by atoms with E-state index < -0.39 is 0 Å². The van der Waals surface area contributed by atoms with Crippen LogP contribution >= 0.6 is 0 Å². The van der Waals surface area contributed by atoms with Crippen LogP contribution in [0.3, 0.4) is 0 Å². The molecule has 2 aliphatic rings. The van der Waals surface area contributed by atoms with Crippen molar-refractivity contribution in [2.75, 3.05) is 0 Å². The number of carbonyl (C=O) groups excluding carboxylic acids is 1. The van der Waals surface area contributed by atoms with Crippen molar-refractivity contribution in [3.8, 4) is 0 Å². The second-order valence-electron chi connectivity index (χ2n) is 5.98. The highest BCUT2D eigenvalue weighted by molar-refractivity contribution is 5.80. The highest BCUT2D eigenvalue weighted by Gasteiger charge is 2.49. The van der Waals surface area contributed by atoms with Gasteiger partial charge in [0.25, 0.3) is 0 Å². The number of fused-ring (bicyclic) bond motifs is 2. The number of nitrogens with one attached hydrogen (secondary N) is 1. The van der Waals surface area contributed by atoms with Gasteiger partial charge in [-0.1, -0.05) is 13.8 Å². The van der Waals surface area contributed by atoms with Crippen LogP contribution in [0.4, 0.5) is 0 Å². The Bertz CT molecular complexity index is 275. The summed E-state index contributed by atoms with van der Waals surface area (Å²) in [6.07, 6.45) is 3.61. The minimum absolute atomic E-state index is 0.0833. The second-order valence-corrected chi connectivity index (χ2v) is 5.98. The van der Waals surface area contributed by atoms with Gasteiger partial charge in [-0.3, -0.25) is 4.79 Å². The molecule has 16 heavy (non-hydrogen) atoms. The first-order valence-electron chi connectivity index (χ1n) is 6.56. The molecule has 3 heteroatoms. The zero-order valence-electron chi connectivity index (χ0n) is 10.6. The standard InChI is InChI=1S/C13H24N2O/c1-7(2)8(3)15-13(16)11-9-4-5-10(6-9)12(11)14/h7-12H,4-6,14H2,1-3H3,(H,15,16). The van der Waals surface area contributed by atoms with Crippen LogP contribution in [0.5, 0.6) is 0 Å². The average molecular weight is 224 g/mol. The topological polar surface area (TPSA) is 55.1 Å². The van der Waals surface area contributed by atoms with E-state index in [4.69, 9.17) is 5.73 Å². The van der Waals surface area contributed by atoms with Gasteiger partial charge >= 0.3 is 0 Å². The molecular weight excluding hydrogens is 200 g/mol. The Hall–Kier alpha value is -0.570. The minimum Gasteiger partial charge on any atom is -0.353 e. The fraction of sp³-hybridized carbons (Fsp3) is 0.923. The van der Waals surface area contributed by atoms with E-state index >= 15 is 0 Å². The first-order chi connectivity index (χ1) is 7.50. The van der Waals surface area contributed by atoms with Crippen molar-refractivity contribution in [3.63, 3.8) is 0 Å². The van der Waals surface area contributed by atoms with Crippen LogP contribution in [0.15, 0.2) is 0 Å². The van der Waals surface area contributed by atoms with Crippen molar-refractivity contribution in [1.29, 1.82) is 0 Å². The number of amides is 1. The van der Waals surface area contributed by atoms with Gasteiger partial charge in [0, 0.05) is 12.1 Å². The third-order valence-electron chi connectivity index (χ3n) is 4.65. The fourth-order valence-corrected chi connectivity index (χ4v) is 3.21. The van der Waals surface area contributed by atoms with Gasteiger partial charge in [-0.05, 0) is 43.9 Å². The normalized spacial score (nSPS) is 39.1. The SMILES string of the molecule is CC(C)C(C)NC(=O)C1C2CCC(C2)C1N. The summed E-state index contributed by atoms with van der Waals surface area (Å²) in [7, 11) is 0. The van der Waals surface area contributed by atoms with E-state index in [0.717, 1.165) is 0 Å². The highest BCUT2D eigenvalue weighted by atomic mass is 16.2. The summed E-state index contributed by atoms with van der Waals surface area (Å²) in [5, 5.41) is 3.12. The maximum atomic E-state index is 12.2. The van der Waals surface area contributed by atoms with Crippen LogP contribution in [-0.2, 0) is 4.79 Å². The van der Waals surface area contributed by atoms with Crippen molar-refractivity contribution in [3.05, 3.63) is 0 Å². The lowest BCUT2D eigenvalue weighted by Gasteiger charge is -2.29. The van der Waals surface area contributed by atoms with E-state index in [1.807, 2.05) is 0 Å². The first-order valence-corrected chi connectivity index (χ1v) is 6.56. The predicted octanol–water partition coefficient (Wildman–Crippen LogP) is 1.52. The van der Waals surface area contributed by atoms with Gasteiger partial charge in [0.2, 0.25) is 5.91 Å². The molecule has 1 amide bonds. The van der Waals surface area contributed by atoms with Crippen molar-refractivity contribution in [2.45, 2.75) is 52.1 Å². The number of rotatable bonds is 3. The molecule has 3 nitrogen and oxygen atoms in total. The van der Waals surface area contributed by atoms with E-state index in [2.05, 4.69) is 26.1 Å². The molecule has 2 bridgehead atoms. The molecular formula is C13H24N2O. The number of hydrogen-bond acceptors (Lipinski definition) is 2. The van der Waals surface area contributed by atoms with Gasteiger partial charge in [0.1, 0.15) is 0 Å². The lowest BCUT2D eigenvalue weighted by atomic mass is 9.84. The van der Waals surface area contributed by atoms with Crippen LogP contribution in [0, 0.1) is 23.7 Å². The van der Waals surface area contributed by atoms with Crippen LogP contribution in [0.1, 0.15) is 40.0 Å². The molecule has 2 fully saturated rings. The fourth-order valence-electron chi connectivity index (χ4n) is 3.21. The van der Waals surface area contributed by atoms with Gasteiger partial charge in [0.05, 0.1) is 5.92 Å². The molecule has 3 N–H and O–H groups in total. The molecule has 2 saturated carbocycles. The summed E-state index contributed by atoms with van der Waals surface area (Å²) in [6.45, 7) is 6.33. The maximum Gasteiger partial charge on any atom is 0.225 e. The average Bonchev–Trinajstić information content (AvgIpc) is 2.77. The summed E-state index contributed by atoms with van der Waals surface area (Å²) < 4.78 is 0. The Balaban J connectivity index is 1.95. The van der Waals surface area contributed by atoms with E-state index in [1.54, 1.807) is 0 Å². The molecule has 5 unspecified atom stereocenters. The minimum atomic E-state index is 0.0833. The zero-order chi connectivity index (χ0) is 11.9. The van der Waals surface area contributed by atoms with Crippen LogP contribution in [0.2, 0.25) is 0 Å². The molecule has 2 aliphatic carbocycles. The number of hydrogen-bond donors (Lipinski definition) is 2. The molecule has 5 atom stereocenters. The summed E-state index contributed by atoms with van der Waals surface area (Å²) in [5.74, 6) is 1.93. The number of nitrogens with two attached hydrogens (primary N) is 1. The monoisotopic (exact) mass is 224 g/mol. The molecule has 0 radical (unpaired) electrons. The summed E-state index contributed by atoms with van der Waals surface area (Å²) in [6, 6.07) is 0.358. The second kappa shape index (κ2) is 4.36. The van der Waals surface area contributed by atoms with Crippen LogP contribution in [0.25, 0.3) is 0 Å². The molecule has 0 aromatic rings. The Kier molecular flexibility index (Phi) is 3.24. The Morgan fingerprint density at radius 3 is 2.38 bits per heavy atom. The van der Waals surface area contributed by atoms with E-state index in [1.165, 1.54) is 19.3 Å². The molecule has 0 heterocycles. The molecule has 0 aromatic carbocycles. The third-order valence-corrected chi connectivity index (χ3v) is 4.65. The van der Waals surface area contributed by atoms with Gasteiger partial charge in [-0.15, -0.1) is 0 Å². The Morgan fingerprint density at radius 2 is 1.88 bits per heavy atom. The Labute approximate surface area is 98.2 Å². The van der Waals surface area contributed by atoms with E-state index in [0.29, 0.717) is 17.8 Å². The predicted molar refractivity (Wildman–Crippen MR) is 64.7 cm³/mol. The third kappa shape index (κ3) is 1.97. The molecule has 0 aromatic heterocycles. The lowest BCUT2D eigenvalue weighted by molar-refractivity contribution is -0.127. The highest BCUT2D eigenvalue weighted by Crippen LogP contribution is 2.47. The van der Waals surface area contributed by atoms with Gasteiger partial charge in [0.15, 0.2) is 0 Å². The summed E-state index contributed by atoms with van der Waals surface area (Å²) >= 11 is 0. The van der Waals surface area contributed by atoms with Gasteiger partial charge in [-0.25, -0.2) is 0 Å². The molecule has 92 valence electrons. The van der Waals surface area contributed by atoms with Crippen molar-refractivity contribution < 1.29 is 4.79 Å². The molecule has 0 aliphatic heterocycles. The van der Waals surface area contributed by atoms with Gasteiger partial charge < -0.3 is 11.1 Å². The van der Waals surface area contributed by atoms with Crippen molar-refractivity contribution in [2.24, 2.45) is 29.4 Å². The summed E-state index contributed by atoms with van der Waals surface area (Å²) in [4.78, 5) is 12.2. The molecule has 0 spiro atoms.